The number of carbonyl (C=O) groups is 1. The van der Waals surface area contributed by atoms with Gasteiger partial charge in [-0.05, 0) is 34.1 Å². The summed E-state index contributed by atoms with van der Waals surface area (Å²) in [4.78, 5) is 34.3. The minimum absolute atomic E-state index is 0.0256. The van der Waals surface area contributed by atoms with E-state index in [-0.39, 0.29) is 28.4 Å². The van der Waals surface area contributed by atoms with Crippen molar-refractivity contribution in [3.8, 4) is 17.2 Å². The highest BCUT2D eigenvalue weighted by atomic mass is 16.5. The first-order valence-electron chi connectivity index (χ1n) is 7.41. The van der Waals surface area contributed by atoms with E-state index in [2.05, 4.69) is 10.4 Å². The zero-order valence-corrected chi connectivity index (χ0v) is 14.4. The molecule has 8 heteroatoms. The average molecular weight is 356 g/mol. The third-order valence-electron chi connectivity index (χ3n) is 3.58. The second-order valence-electron chi connectivity index (χ2n) is 5.04. The maximum atomic E-state index is 12.5. The first-order chi connectivity index (χ1) is 12.6. The molecule has 0 spiro atoms. The van der Waals surface area contributed by atoms with Crippen LogP contribution in [0.5, 0.6) is 17.2 Å². The van der Waals surface area contributed by atoms with E-state index < -0.39 is 5.78 Å². The zero-order chi connectivity index (χ0) is 19.1. The lowest BCUT2D eigenvalue weighted by Gasteiger charge is -2.10. The number of ketones is 1. The number of carbonyl (C=O) groups excluding carboxylic acids is 1. The summed E-state index contributed by atoms with van der Waals surface area (Å²) in [7, 11) is 4.21. The lowest BCUT2D eigenvalue weighted by Crippen LogP contribution is -2.00. The quantitative estimate of drug-likeness (QED) is 0.394. The van der Waals surface area contributed by atoms with Crippen LogP contribution in [-0.4, -0.2) is 27.1 Å². The summed E-state index contributed by atoms with van der Waals surface area (Å²) in [5.74, 6) is 0.327. The van der Waals surface area contributed by atoms with E-state index in [1.165, 1.54) is 51.7 Å². The number of nitrogens with zero attached hydrogens (tertiary/aromatic N) is 2. The lowest BCUT2D eigenvalue weighted by molar-refractivity contribution is 0.104. The minimum atomic E-state index is -0.476. The van der Waals surface area contributed by atoms with Crippen LogP contribution in [0.15, 0.2) is 46.8 Å². The fourth-order valence-electron chi connectivity index (χ4n) is 2.30. The highest BCUT2D eigenvalue weighted by Crippen LogP contribution is 2.35. The van der Waals surface area contributed by atoms with Crippen molar-refractivity contribution in [3.05, 3.63) is 57.3 Å². The maximum absolute atomic E-state index is 12.5. The van der Waals surface area contributed by atoms with Gasteiger partial charge < -0.3 is 14.2 Å². The van der Waals surface area contributed by atoms with Crippen LogP contribution >= 0.6 is 0 Å². The molecule has 2 rings (SSSR count). The monoisotopic (exact) mass is 356 g/mol. The molecule has 26 heavy (non-hydrogen) atoms. The smallest absolute Gasteiger partial charge is 0.191 e. The first kappa shape index (κ1) is 18.8. The Labute approximate surface area is 149 Å². The molecule has 0 heterocycles. The van der Waals surface area contributed by atoms with Gasteiger partial charge >= 0.3 is 0 Å². The maximum Gasteiger partial charge on any atom is 0.191 e. The Balaban J connectivity index is 2.39. The van der Waals surface area contributed by atoms with E-state index in [1.807, 2.05) is 0 Å². The summed E-state index contributed by atoms with van der Waals surface area (Å²) in [5, 5.41) is 5.73. The molecule has 0 unspecified atom stereocenters. The molecular formula is C18H16N2O6. The Kier molecular flexibility index (Phi) is 6.15. The molecule has 0 amide bonds. The Hall–Kier alpha value is -3.55. The van der Waals surface area contributed by atoms with Crippen LogP contribution in [0.4, 0.5) is 11.4 Å². The number of nitroso groups, excluding NO2 is 2. The predicted molar refractivity (Wildman–Crippen MR) is 96.8 cm³/mol. The topological polar surface area (TPSA) is 104 Å². The number of ether oxygens (including phenoxy) is 3. The van der Waals surface area contributed by atoms with Gasteiger partial charge in [0, 0.05) is 12.1 Å². The van der Waals surface area contributed by atoms with Crippen LogP contribution in [0.2, 0.25) is 0 Å². The van der Waals surface area contributed by atoms with Gasteiger partial charge in [-0.2, -0.15) is 0 Å². The van der Waals surface area contributed by atoms with Crippen molar-refractivity contribution in [3.63, 3.8) is 0 Å². The van der Waals surface area contributed by atoms with Crippen LogP contribution in [0.1, 0.15) is 15.9 Å². The van der Waals surface area contributed by atoms with E-state index in [1.54, 1.807) is 12.1 Å². The molecule has 2 aromatic carbocycles. The predicted octanol–water partition coefficient (Wildman–Crippen LogP) is 4.40. The number of methoxy groups -OCH3 is 3. The first-order valence-corrected chi connectivity index (χ1v) is 7.41. The molecule has 0 aliphatic carbocycles. The van der Waals surface area contributed by atoms with Gasteiger partial charge in [-0.25, -0.2) is 0 Å². The molecule has 0 saturated carbocycles. The highest BCUT2D eigenvalue weighted by Gasteiger charge is 2.18. The molecule has 8 nitrogen and oxygen atoms in total. The Morgan fingerprint density at radius 3 is 2.15 bits per heavy atom. The SMILES string of the molecule is COc1cc(N=O)c(C(=O)/C=C/c2ccc(N=O)c(OC)c2)c(OC)c1. The normalized spacial score (nSPS) is 10.4. The van der Waals surface area contributed by atoms with E-state index in [0.717, 1.165) is 0 Å². The summed E-state index contributed by atoms with van der Waals surface area (Å²) in [5.41, 5.74) is 0.697. The number of hydrogen-bond donors (Lipinski definition) is 0. The van der Waals surface area contributed by atoms with Gasteiger partial charge in [-0.3, -0.25) is 4.79 Å². The van der Waals surface area contributed by atoms with Gasteiger partial charge in [0.25, 0.3) is 0 Å². The second kappa shape index (κ2) is 8.52. The standard InChI is InChI=1S/C18H16N2O6/c1-24-12-9-14(20-23)18(17(10-12)26-3)15(21)7-5-11-4-6-13(19-22)16(8-11)25-2/h4-10H,1-3H3/b7-5+. The summed E-state index contributed by atoms with van der Waals surface area (Å²) < 4.78 is 15.3. The molecule has 0 N–H and O–H groups in total. The van der Waals surface area contributed by atoms with Gasteiger partial charge in [0.05, 0.1) is 26.9 Å². The molecule has 0 fully saturated rings. The molecular weight excluding hydrogens is 340 g/mol. The lowest BCUT2D eigenvalue weighted by atomic mass is 10.0. The number of rotatable bonds is 8. The van der Waals surface area contributed by atoms with Crippen molar-refractivity contribution in [2.24, 2.45) is 10.4 Å². The van der Waals surface area contributed by atoms with E-state index in [9.17, 15) is 14.6 Å². The Bertz CT molecular complexity index is 876. The zero-order valence-electron chi connectivity index (χ0n) is 14.4. The van der Waals surface area contributed by atoms with Crippen LogP contribution in [-0.2, 0) is 0 Å². The summed E-state index contributed by atoms with van der Waals surface area (Å²) >= 11 is 0. The third-order valence-corrected chi connectivity index (χ3v) is 3.58. The van der Waals surface area contributed by atoms with Crippen LogP contribution < -0.4 is 14.2 Å². The summed E-state index contributed by atoms with van der Waals surface area (Å²) in [6.45, 7) is 0. The molecule has 0 saturated heterocycles. The third kappa shape index (κ3) is 3.92. The molecule has 0 atom stereocenters. The largest absolute Gasteiger partial charge is 0.497 e. The molecule has 0 aliphatic heterocycles. The molecule has 0 radical (unpaired) electrons. The van der Waals surface area contributed by atoms with Crippen LogP contribution in [0.25, 0.3) is 6.08 Å². The molecule has 2 aromatic rings. The molecule has 0 aliphatic rings. The fraction of sp³-hybridized carbons (Fsp3) is 0.167. The van der Waals surface area contributed by atoms with Gasteiger partial charge in [-0.1, -0.05) is 12.1 Å². The minimum Gasteiger partial charge on any atom is -0.497 e. The van der Waals surface area contributed by atoms with Crippen molar-refractivity contribution in [1.82, 2.24) is 0 Å². The second-order valence-corrected chi connectivity index (χ2v) is 5.04. The van der Waals surface area contributed by atoms with Crippen LogP contribution in [0, 0.1) is 9.81 Å². The number of hydrogen-bond acceptors (Lipinski definition) is 8. The Morgan fingerprint density at radius 1 is 0.885 bits per heavy atom. The summed E-state index contributed by atoms with van der Waals surface area (Å²) in [6.07, 6.45) is 2.78. The fourth-order valence-corrected chi connectivity index (χ4v) is 2.30. The Morgan fingerprint density at radius 2 is 1.58 bits per heavy atom. The number of benzene rings is 2. The van der Waals surface area contributed by atoms with Gasteiger partial charge in [0.1, 0.15) is 28.6 Å². The highest BCUT2D eigenvalue weighted by molar-refractivity contribution is 6.12. The van der Waals surface area contributed by atoms with Crippen molar-refractivity contribution in [2.75, 3.05) is 21.3 Å². The molecule has 0 bridgehead atoms. The molecule has 0 aromatic heterocycles. The summed E-state index contributed by atoms with van der Waals surface area (Å²) in [6, 6.07) is 7.48. The number of allylic oxidation sites excluding steroid dienone is 1. The van der Waals surface area contributed by atoms with Crippen molar-refractivity contribution in [1.29, 1.82) is 0 Å². The van der Waals surface area contributed by atoms with Gasteiger partial charge in [0.2, 0.25) is 0 Å². The van der Waals surface area contributed by atoms with E-state index in [0.29, 0.717) is 11.3 Å². The molecule has 134 valence electrons. The van der Waals surface area contributed by atoms with E-state index >= 15 is 0 Å². The van der Waals surface area contributed by atoms with Crippen LogP contribution in [0.3, 0.4) is 0 Å². The van der Waals surface area contributed by atoms with Crippen molar-refractivity contribution in [2.45, 2.75) is 0 Å². The average Bonchev–Trinajstić information content (AvgIpc) is 2.70. The van der Waals surface area contributed by atoms with Crippen molar-refractivity contribution < 1.29 is 19.0 Å². The van der Waals surface area contributed by atoms with E-state index in [4.69, 9.17) is 14.2 Å². The van der Waals surface area contributed by atoms with Gasteiger partial charge in [0.15, 0.2) is 5.78 Å². The van der Waals surface area contributed by atoms with Crippen molar-refractivity contribution >= 4 is 23.2 Å². The van der Waals surface area contributed by atoms with Gasteiger partial charge in [-0.15, -0.1) is 9.81 Å².